The Balaban J connectivity index is 0.000000396. The topological polar surface area (TPSA) is 12.0 Å². The van der Waals surface area contributed by atoms with Gasteiger partial charge in [-0.1, -0.05) is 27.7 Å². The van der Waals surface area contributed by atoms with Gasteiger partial charge in [-0.25, -0.2) is 0 Å². The zero-order valence-electron chi connectivity index (χ0n) is 9.91. The van der Waals surface area contributed by atoms with Crippen LogP contribution >= 0.6 is 0 Å². The zero-order valence-corrected chi connectivity index (χ0v) is 9.91. The molecule has 2 aliphatic heterocycles. The van der Waals surface area contributed by atoms with Crippen LogP contribution in [0.2, 0.25) is 0 Å². The van der Waals surface area contributed by atoms with Crippen molar-refractivity contribution in [3.05, 3.63) is 0 Å². The van der Waals surface area contributed by atoms with Crippen molar-refractivity contribution in [1.29, 1.82) is 0 Å². The second-order valence-electron chi connectivity index (χ2n) is 5.00. The van der Waals surface area contributed by atoms with Crippen LogP contribution in [-0.2, 0) is 0 Å². The Morgan fingerprint density at radius 3 is 1.62 bits per heavy atom. The first-order valence-corrected chi connectivity index (χ1v) is 5.86. The van der Waals surface area contributed by atoms with E-state index in [0.717, 1.165) is 5.92 Å². The molecule has 0 aromatic carbocycles. The van der Waals surface area contributed by atoms with Crippen molar-refractivity contribution >= 4 is 0 Å². The summed E-state index contributed by atoms with van der Waals surface area (Å²) in [6, 6.07) is 0. The maximum atomic E-state index is 3.82. The highest BCUT2D eigenvalue weighted by Gasteiger charge is 2.52. The maximum Gasteiger partial charge on any atom is 0.0210 e. The van der Waals surface area contributed by atoms with Crippen LogP contribution in [0.5, 0.6) is 0 Å². The van der Waals surface area contributed by atoms with E-state index < -0.39 is 0 Å². The quantitative estimate of drug-likeness (QED) is 0.657. The lowest BCUT2D eigenvalue weighted by Crippen LogP contribution is -2.44. The average molecular weight is 183 g/mol. The molecule has 78 valence electrons. The van der Waals surface area contributed by atoms with E-state index in [9.17, 15) is 0 Å². The minimum atomic E-state index is 0.504. The molecule has 1 heteroatoms. The summed E-state index contributed by atoms with van der Waals surface area (Å²) < 4.78 is 0. The third-order valence-electron chi connectivity index (χ3n) is 3.90. The highest BCUT2D eigenvalue weighted by molar-refractivity contribution is 5.12. The summed E-state index contributed by atoms with van der Waals surface area (Å²) in [5, 5.41) is 3.82. The summed E-state index contributed by atoms with van der Waals surface area (Å²) in [7, 11) is 0. The first kappa shape index (κ1) is 11.0. The molecule has 0 aromatic heterocycles. The third-order valence-corrected chi connectivity index (χ3v) is 3.90. The van der Waals surface area contributed by atoms with Crippen LogP contribution in [0.25, 0.3) is 0 Å². The molecule has 1 N–H and O–H groups in total. The molecule has 2 rings (SSSR count). The molecular formula is C12H25N. The molecule has 1 nitrogen and oxygen atoms in total. The fourth-order valence-electron chi connectivity index (χ4n) is 2.82. The summed E-state index contributed by atoms with van der Waals surface area (Å²) in [6.07, 6.45) is 5.60. The highest BCUT2D eigenvalue weighted by Crippen LogP contribution is 2.47. The predicted octanol–water partition coefficient (Wildman–Crippen LogP) is 3.34. The molecule has 13 heavy (non-hydrogen) atoms. The van der Waals surface area contributed by atoms with E-state index in [1.165, 1.54) is 25.7 Å². The van der Waals surface area contributed by atoms with Crippen LogP contribution in [0.15, 0.2) is 0 Å². The van der Waals surface area contributed by atoms with E-state index in [1.807, 2.05) is 13.8 Å². The van der Waals surface area contributed by atoms with E-state index in [1.54, 1.807) is 0 Å². The SMILES string of the molecule is CC.CC(C)C12CCC(C)(CC1)N2. The summed E-state index contributed by atoms with van der Waals surface area (Å²) in [5.74, 6) is 0.812. The molecule has 0 aromatic rings. The van der Waals surface area contributed by atoms with E-state index in [-0.39, 0.29) is 0 Å². The van der Waals surface area contributed by atoms with Gasteiger partial charge in [-0.3, -0.25) is 0 Å². The Labute approximate surface area is 83.3 Å². The van der Waals surface area contributed by atoms with Crippen molar-refractivity contribution in [2.75, 3.05) is 0 Å². The van der Waals surface area contributed by atoms with Gasteiger partial charge in [-0.2, -0.15) is 0 Å². The van der Waals surface area contributed by atoms with E-state index in [2.05, 4.69) is 26.1 Å². The molecule has 0 spiro atoms. The van der Waals surface area contributed by atoms with Gasteiger partial charge in [-0.15, -0.1) is 0 Å². The average Bonchev–Trinajstić information content (AvgIpc) is 2.63. The lowest BCUT2D eigenvalue weighted by molar-refractivity contribution is 0.280. The van der Waals surface area contributed by atoms with Crippen LogP contribution in [-0.4, -0.2) is 11.1 Å². The van der Waals surface area contributed by atoms with Gasteiger partial charge in [0.1, 0.15) is 0 Å². The number of nitrogens with one attached hydrogen (secondary N) is 1. The minimum absolute atomic E-state index is 0.504. The highest BCUT2D eigenvalue weighted by atomic mass is 15.1. The summed E-state index contributed by atoms with van der Waals surface area (Å²) >= 11 is 0. The Kier molecular flexibility index (Phi) is 3.06. The van der Waals surface area contributed by atoms with E-state index >= 15 is 0 Å². The molecule has 2 saturated heterocycles. The summed E-state index contributed by atoms with van der Waals surface area (Å²) in [5.41, 5.74) is 1.03. The van der Waals surface area contributed by atoms with Crippen molar-refractivity contribution in [3.63, 3.8) is 0 Å². The fraction of sp³-hybridized carbons (Fsp3) is 1.00. The van der Waals surface area contributed by atoms with Crippen molar-refractivity contribution in [2.45, 2.75) is 71.4 Å². The molecule has 2 heterocycles. The van der Waals surface area contributed by atoms with Crippen LogP contribution in [0.1, 0.15) is 60.3 Å². The van der Waals surface area contributed by atoms with E-state index in [4.69, 9.17) is 0 Å². The van der Waals surface area contributed by atoms with Crippen LogP contribution < -0.4 is 5.32 Å². The molecular weight excluding hydrogens is 158 g/mol. The number of fused-ring (bicyclic) bond motifs is 2. The second kappa shape index (κ2) is 3.61. The predicted molar refractivity (Wildman–Crippen MR) is 58.9 cm³/mol. The van der Waals surface area contributed by atoms with Crippen LogP contribution in [0.4, 0.5) is 0 Å². The summed E-state index contributed by atoms with van der Waals surface area (Å²) in [4.78, 5) is 0. The van der Waals surface area contributed by atoms with Crippen LogP contribution in [0.3, 0.4) is 0 Å². The second-order valence-corrected chi connectivity index (χ2v) is 5.00. The molecule has 0 radical (unpaired) electrons. The van der Waals surface area contributed by atoms with Crippen molar-refractivity contribution in [1.82, 2.24) is 5.32 Å². The van der Waals surface area contributed by atoms with Gasteiger partial charge >= 0.3 is 0 Å². The fourth-order valence-corrected chi connectivity index (χ4v) is 2.82. The molecule has 2 fully saturated rings. The minimum Gasteiger partial charge on any atom is -0.306 e. The van der Waals surface area contributed by atoms with E-state index in [0.29, 0.717) is 11.1 Å². The molecule has 0 aliphatic carbocycles. The molecule has 0 atom stereocenters. The number of hydrogen-bond acceptors (Lipinski definition) is 1. The standard InChI is InChI=1S/C10H19N.C2H6/c1-8(2)10-6-4-9(3,11-10)5-7-10;1-2/h8,11H,4-7H2,1-3H3;1-2H3. The first-order chi connectivity index (χ1) is 6.06. The smallest absolute Gasteiger partial charge is 0.0210 e. The first-order valence-electron chi connectivity index (χ1n) is 5.86. The summed E-state index contributed by atoms with van der Waals surface area (Å²) in [6.45, 7) is 11.1. The molecule has 0 unspecified atom stereocenters. The van der Waals surface area contributed by atoms with Crippen molar-refractivity contribution in [2.24, 2.45) is 5.92 Å². The van der Waals surface area contributed by atoms with Gasteiger partial charge in [0.2, 0.25) is 0 Å². The van der Waals surface area contributed by atoms with Gasteiger partial charge in [0, 0.05) is 11.1 Å². The van der Waals surface area contributed by atoms with Crippen LogP contribution in [0, 0.1) is 5.92 Å². The largest absolute Gasteiger partial charge is 0.306 e. The third kappa shape index (κ3) is 1.76. The number of rotatable bonds is 1. The maximum absolute atomic E-state index is 3.82. The van der Waals surface area contributed by atoms with Gasteiger partial charge in [0.25, 0.3) is 0 Å². The molecule has 0 saturated carbocycles. The number of hydrogen-bond donors (Lipinski definition) is 1. The lowest BCUT2D eigenvalue weighted by Gasteiger charge is -2.30. The Morgan fingerprint density at radius 1 is 1.00 bits per heavy atom. The van der Waals surface area contributed by atoms with Crippen molar-refractivity contribution in [3.8, 4) is 0 Å². The lowest BCUT2D eigenvalue weighted by atomic mass is 9.77. The Bertz CT molecular complexity index is 164. The Hall–Kier alpha value is -0.0400. The van der Waals surface area contributed by atoms with Gasteiger partial charge in [0.15, 0.2) is 0 Å². The van der Waals surface area contributed by atoms with Gasteiger partial charge in [0.05, 0.1) is 0 Å². The zero-order chi connectivity index (χ0) is 10.1. The Morgan fingerprint density at radius 2 is 1.46 bits per heavy atom. The van der Waals surface area contributed by atoms with Gasteiger partial charge in [-0.05, 0) is 38.5 Å². The molecule has 0 amide bonds. The van der Waals surface area contributed by atoms with Gasteiger partial charge < -0.3 is 5.32 Å². The molecule has 2 aliphatic rings. The monoisotopic (exact) mass is 183 g/mol. The normalized spacial score (nSPS) is 42.0. The molecule has 2 bridgehead atoms. The van der Waals surface area contributed by atoms with Crippen molar-refractivity contribution < 1.29 is 0 Å².